The Balaban J connectivity index is 2.35. The van der Waals surface area contributed by atoms with Gasteiger partial charge in [0.25, 0.3) is 0 Å². The van der Waals surface area contributed by atoms with Crippen molar-refractivity contribution in [1.29, 1.82) is 0 Å². The summed E-state index contributed by atoms with van der Waals surface area (Å²) in [5.41, 5.74) is 1.17. The number of para-hydroxylation sites is 2. The summed E-state index contributed by atoms with van der Waals surface area (Å²) >= 11 is 0. The topological polar surface area (TPSA) is 61.8 Å². The molecule has 1 unspecified atom stereocenters. The lowest BCUT2D eigenvalue weighted by molar-refractivity contribution is 0.00142. The third kappa shape index (κ3) is 1.79. The normalized spacial score (nSPS) is 18.8. The summed E-state index contributed by atoms with van der Waals surface area (Å²) in [7, 11) is 0. The number of hydrogen-bond donors (Lipinski definition) is 2. The van der Waals surface area contributed by atoms with E-state index < -0.39 is 19.2 Å². The minimum Gasteiger partial charge on any atom is -0.465 e. The molecule has 0 spiro atoms. The first-order chi connectivity index (χ1) is 7.74. The lowest BCUT2D eigenvalue weighted by Gasteiger charge is -2.34. The van der Waals surface area contributed by atoms with E-state index in [1.165, 1.54) is 0 Å². The number of nitrogens with zero attached hydrogens (tertiary/aromatic N) is 1. The Morgan fingerprint density at radius 3 is 3.06 bits per heavy atom. The van der Waals surface area contributed by atoms with Crippen LogP contribution in [0.5, 0.6) is 0 Å². The van der Waals surface area contributed by atoms with Gasteiger partial charge in [0, 0.05) is 0 Å². The molecule has 0 radical (unpaired) electrons. The third-order valence-corrected chi connectivity index (χ3v) is 2.38. The second-order valence-electron chi connectivity index (χ2n) is 3.28. The number of fused-ring (bicyclic) bond motifs is 1. The van der Waals surface area contributed by atoms with E-state index in [0.717, 1.165) is 4.90 Å². The molecule has 5 nitrogen and oxygen atoms in total. The smallest absolute Gasteiger partial charge is 0.414 e. The molecule has 1 atom stereocenters. The van der Waals surface area contributed by atoms with Gasteiger partial charge >= 0.3 is 6.09 Å². The molecule has 0 bridgehead atoms. The first kappa shape index (κ1) is 10.7. The van der Waals surface area contributed by atoms with E-state index in [2.05, 4.69) is 5.32 Å². The summed E-state index contributed by atoms with van der Waals surface area (Å²) in [6, 6.07) is 6.91. The van der Waals surface area contributed by atoms with E-state index >= 15 is 0 Å². The van der Waals surface area contributed by atoms with Crippen molar-refractivity contribution < 1.29 is 19.0 Å². The van der Waals surface area contributed by atoms with Gasteiger partial charge in [-0.15, -0.1) is 0 Å². The van der Waals surface area contributed by atoms with Crippen LogP contribution < -0.4 is 10.2 Å². The lowest BCUT2D eigenvalue weighted by atomic mass is 10.2. The Morgan fingerprint density at radius 1 is 1.62 bits per heavy atom. The first-order valence-electron chi connectivity index (χ1n) is 4.76. The molecule has 2 N–H and O–H groups in total. The summed E-state index contributed by atoms with van der Waals surface area (Å²) in [5, 5.41) is 12.1. The van der Waals surface area contributed by atoms with Gasteiger partial charge in [-0.2, -0.15) is 0 Å². The number of rotatable bonds is 2. The Labute approximate surface area is 91.4 Å². The minimum absolute atomic E-state index is 0.229. The highest BCUT2D eigenvalue weighted by molar-refractivity contribution is 5.92. The van der Waals surface area contributed by atoms with Crippen LogP contribution in [0.25, 0.3) is 0 Å². The zero-order chi connectivity index (χ0) is 11.5. The SMILES string of the molecule is O=C(O)N1c2ccccc2NCC1OCF. The Bertz CT molecular complexity index is 399. The van der Waals surface area contributed by atoms with E-state index in [9.17, 15) is 9.18 Å². The highest BCUT2D eigenvalue weighted by Gasteiger charge is 2.31. The monoisotopic (exact) mass is 226 g/mol. The van der Waals surface area contributed by atoms with Gasteiger partial charge in [-0.3, -0.25) is 0 Å². The Morgan fingerprint density at radius 2 is 2.38 bits per heavy atom. The predicted octanol–water partition coefficient (Wildman–Crippen LogP) is 1.87. The third-order valence-electron chi connectivity index (χ3n) is 2.38. The van der Waals surface area contributed by atoms with Crippen molar-refractivity contribution in [2.24, 2.45) is 0 Å². The number of amides is 1. The van der Waals surface area contributed by atoms with E-state index in [1.807, 2.05) is 0 Å². The van der Waals surface area contributed by atoms with Crippen LogP contribution in [0.4, 0.5) is 20.6 Å². The summed E-state index contributed by atoms with van der Waals surface area (Å²) in [6.07, 6.45) is -2.00. The minimum atomic E-state index is -1.16. The van der Waals surface area contributed by atoms with Gasteiger partial charge in [0.2, 0.25) is 0 Å². The molecule has 1 aromatic rings. The molecule has 1 amide bonds. The van der Waals surface area contributed by atoms with Crippen molar-refractivity contribution in [3.63, 3.8) is 0 Å². The fraction of sp³-hybridized carbons (Fsp3) is 0.300. The maximum atomic E-state index is 12.1. The number of anilines is 2. The number of hydrogen-bond acceptors (Lipinski definition) is 3. The van der Waals surface area contributed by atoms with Crippen molar-refractivity contribution in [1.82, 2.24) is 0 Å². The summed E-state index contributed by atoms with van der Waals surface area (Å²) in [5.74, 6) is 0. The van der Waals surface area contributed by atoms with Crippen LogP contribution in [-0.4, -0.2) is 30.8 Å². The molecule has 1 aliphatic rings. The zero-order valence-electron chi connectivity index (χ0n) is 8.39. The average Bonchev–Trinajstić information content (AvgIpc) is 2.28. The van der Waals surface area contributed by atoms with E-state index in [1.54, 1.807) is 24.3 Å². The standard InChI is InChI=1S/C10H11FN2O3/c11-6-16-9-5-12-7-3-1-2-4-8(7)13(9)10(14)15/h1-4,9,12H,5-6H2,(H,14,15). The molecule has 86 valence electrons. The Kier molecular flexibility index (Phi) is 2.91. The molecule has 0 saturated carbocycles. The van der Waals surface area contributed by atoms with Crippen LogP contribution in [0.3, 0.4) is 0 Å². The molecule has 0 fully saturated rings. The molecule has 0 aliphatic carbocycles. The summed E-state index contributed by atoms with van der Waals surface area (Å²) in [6.45, 7) is -0.786. The van der Waals surface area contributed by atoms with Crippen molar-refractivity contribution in [2.45, 2.75) is 6.23 Å². The highest BCUT2D eigenvalue weighted by atomic mass is 19.1. The van der Waals surface area contributed by atoms with E-state index in [0.29, 0.717) is 11.4 Å². The summed E-state index contributed by atoms with van der Waals surface area (Å²) < 4.78 is 16.9. The van der Waals surface area contributed by atoms with Gasteiger partial charge in [-0.05, 0) is 12.1 Å². The van der Waals surface area contributed by atoms with Gasteiger partial charge in [0.1, 0.15) is 0 Å². The number of alkyl halides is 1. The number of carbonyl (C=O) groups is 1. The first-order valence-corrected chi connectivity index (χ1v) is 4.76. The molecule has 1 aliphatic heterocycles. The van der Waals surface area contributed by atoms with Gasteiger partial charge in [0.05, 0.1) is 17.9 Å². The highest BCUT2D eigenvalue weighted by Crippen LogP contribution is 2.31. The van der Waals surface area contributed by atoms with Crippen LogP contribution in [0, 0.1) is 0 Å². The molecule has 1 aromatic carbocycles. The summed E-state index contributed by atoms with van der Waals surface area (Å²) in [4.78, 5) is 12.1. The lowest BCUT2D eigenvalue weighted by Crippen LogP contribution is -2.48. The molecule has 1 heterocycles. The second kappa shape index (κ2) is 4.36. The number of ether oxygens (including phenoxy) is 1. The van der Waals surface area contributed by atoms with Crippen LogP contribution in [0.15, 0.2) is 24.3 Å². The van der Waals surface area contributed by atoms with E-state index in [4.69, 9.17) is 9.84 Å². The van der Waals surface area contributed by atoms with E-state index in [-0.39, 0.29) is 6.54 Å². The molecule has 0 saturated heterocycles. The number of benzene rings is 1. The van der Waals surface area contributed by atoms with Crippen molar-refractivity contribution in [3.8, 4) is 0 Å². The fourth-order valence-electron chi connectivity index (χ4n) is 1.71. The van der Waals surface area contributed by atoms with Crippen LogP contribution in [-0.2, 0) is 4.74 Å². The van der Waals surface area contributed by atoms with Gasteiger partial charge in [-0.1, -0.05) is 12.1 Å². The average molecular weight is 226 g/mol. The number of halogens is 1. The maximum absolute atomic E-state index is 12.1. The van der Waals surface area contributed by atoms with Crippen LogP contribution in [0.2, 0.25) is 0 Å². The second-order valence-corrected chi connectivity index (χ2v) is 3.28. The maximum Gasteiger partial charge on any atom is 0.414 e. The Hall–Kier alpha value is -1.82. The van der Waals surface area contributed by atoms with Crippen molar-refractivity contribution in [2.75, 3.05) is 23.6 Å². The molecule has 0 aromatic heterocycles. The zero-order valence-corrected chi connectivity index (χ0v) is 8.39. The molecular weight excluding hydrogens is 215 g/mol. The van der Waals surface area contributed by atoms with Crippen LogP contribution >= 0.6 is 0 Å². The van der Waals surface area contributed by atoms with Gasteiger partial charge in [-0.25, -0.2) is 14.1 Å². The molecular formula is C10H11FN2O3. The predicted molar refractivity (Wildman–Crippen MR) is 56.3 cm³/mol. The van der Waals surface area contributed by atoms with Crippen LogP contribution in [0.1, 0.15) is 0 Å². The molecule has 2 rings (SSSR count). The number of nitrogens with one attached hydrogen (secondary N) is 1. The molecule has 6 heteroatoms. The van der Waals surface area contributed by atoms with Gasteiger partial charge in [0.15, 0.2) is 13.1 Å². The van der Waals surface area contributed by atoms with Gasteiger partial charge < -0.3 is 15.2 Å². The number of carboxylic acid groups (broad SMARTS) is 1. The van der Waals surface area contributed by atoms with Crippen molar-refractivity contribution in [3.05, 3.63) is 24.3 Å². The van der Waals surface area contributed by atoms with Crippen molar-refractivity contribution >= 4 is 17.5 Å². The quantitative estimate of drug-likeness (QED) is 0.808. The molecule has 16 heavy (non-hydrogen) atoms. The largest absolute Gasteiger partial charge is 0.465 e. The fourth-order valence-corrected chi connectivity index (χ4v) is 1.71.